The number of anilines is 1. The minimum absolute atomic E-state index is 0.0360. The summed E-state index contributed by atoms with van der Waals surface area (Å²) in [5.41, 5.74) is 2.79. The van der Waals surface area contributed by atoms with E-state index in [4.69, 9.17) is 4.42 Å². The molecule has 3 aromatic rings. The molecule has 1 aliphatic heterocycles. The van der Waals surface area contributed by atoms with E-state index in [1.807, 2.05) is 36.4 Å². The van der Waals surface area contributed by atoms with Crippen LogP contribution in [0.4, 0.5) is 5.69 Å². The topological polar surface area (TPSA) is 80.9 Å². The van der Waals surface area contributed by atoms with E-state index in [1.165, 1.54) is 11.8 Å². The largest absolute Gasteiger partial charge is 0.411 e. The van der Waals surface area contributed by atoms with Crippen LogP contribution in [0, 0.1) is 0 Å². The molecular weight excluding hydrogens is 324 g/mol. The second-order valence-electron chi connectivity index (χ2n) is 5.41. The molecule has 0 radical (unpaired) electrons. The monoisotopic (exact) mass is 338 g/mol. The number of carbonyl (C=O) groups is 1. The zero-order valence-corrected chi connectivity index (χ0v) is 13.5. The van der Waals surface area contributed by atoms with Gasteiger partial charge >= 0.3 is 0 Å². The quantitative estimate of drug-likeness (QED) is 0.790. The average Bonchev–Trinajstić information content (AvgIpc) is 3.02. The summed E-state index contributed by atoms with van der Waals surface area (Å²) >= 11 is 1.30. The molecule has 0 aliphatic carbocycles. The van der Waals surface area contributed by atoms with E-state index in [0.29, 0.717) is 11.1 Å². The van der Waals surface area contributed by atoms with Crippen molar-refractivity contribution in [3.63, 3.8) is 0 Å². The van der Waals surface area contributed by atoms with Crippen LogP contribution < -0.4 is 5.32 Å². The van der Waals surface area contributed by atoms with Crippen LogP contribution in [0.3, 0.4) is 0 Å². The lowest BCUT2D eigenvalue weighted by molar-refractivity contribution is -0.115. The predicted molar refractivity (Wildman–Crippen MR) is 90.6 cm³/mol. The highest BCUT2D eigenvalue weighted by Crippen LogP contribution is 2.32. The zero-order valence-electron chi connectivity index (χ0n) is 12.7. The molecule has 120 valence electrons. The third-order valence-corrected chi connectivity index (χ3v) is 4.90. The van der Waals surface area contributed by atoms with E-state index in [9.17, 15) is 4.79 Å². The summed E-state index contributed by atoms with van der Waals surface area (Å²) in [5.74, 6) is 0.369. The number of rotatable bonds is 3. The number of para-hydroxylation sites is 1. The molecule has 0 saturated carbocycles. The van der Waals surface area contributed by atoms with Crippen molar-refractivity contribution in [2.75, 3.05) is 5.32 Å². The Morgan fingerprint density at radius 2 is 2.08 bits per heavy atom. The molecule has 24 heavy (non-hydrogen) atoms. The summed E-state index contributed by atoms with van der Waals surface area (Å²) < 4.78 is 5.66. The third-order valence-electron chi connectivity index (χ3n) is 3.80. The number of hydrogen-bond donors (Lipinski definition) is 1. The number of benzene rings is 1. The minimum atomic E-state index is -0.264. The van der Waals surface area contributed by atoms with Gasteiger partial charge in [-0.15, -0.1) is 10.2 Å². The highest BCUT2D eigenvalue weighted by Gasteiger charge is 2.26. The molecule has 0 saturated heterocycles. The van der Waals surface area contributed by atoms with Gasteiger partial charge in [-0.25, -0.2) is 0 Å². The van der Waals surface area contributed by atoms with Gasteiger partial charge in [-0.2, -0.15) is 0 Å². The fourth-order valence-corrected chi connectivity index (χ4v) is 3.45. The van der Waals surface area contributed by atoms with Crippen molar-refractivity contribution in [2.24, 2.45) is 0 Å². The van der Waals surface area contributed by atoms with Crippen LogP contribution in [0.1, 0.15) is 12.0 Å². The molecular formula is C17H14N4O2S. The summed E-state index contributed by atoms with van der Waals surface area (Å²) in [7, 11) is 0. The maximum absolute atomic E-state index is 12.4. The number of carbonyl (C=O) groups excluding carboxylic acids is 1. The molecule has 0 bridgehead atoms. The molecule has 0 fully saturated rings. The summed E-state index contributed by atoms with van der Waals surface area (Å²) in [4.78, 5) is 16.5. The summed E-state index contributed by atoms with van der Waals surface area (Å²) in [6, 6.07) is 11.5. The van der Waals surface area contributed by atoms with Crippen molar-refractivity contribution in [1.29, 1.82) is 0 Å². The van der Waals surface area contributed by atoms with Gasteiger partial charge in [-0.05, 0) is 36.6 Å². The fraction of sp³-hybridized carbons (Fsp3) is 0.176. The standard InChI is InChI=1S/C17H14N4O2S/c22-15-14(8-7-11-4-1-2-6-13(11)19-15)24-17-21-20-16(23-17)12-5-3-9-18-10-12/h1-6,9-10,14H,7-8H2,(H,19,22)/t14-/m0/s1. The maximum Gasteiger partial charge on any atom is 0.277 e. The van der Waals surface area contributed by atoms with Gasteiger partial charge in [0, 0.05) is 18.1 Å². The number of nitrogens with zero attached hydrogens (tertiary/aromatic N) is 3. The maximum atomic E-state index is 12.4. The van der Waals surface area contributed by atoms with Gasteiger partial charge in [-0.3, -0.25) is 9.78 Å². The molecule has 3 heterocycles. The van der Waals surface area contributed by atoms with E-state index in [0.717, 1.165) is 29.7 Å². The molecule has 1 N–H and O–H groups in total. The normalized spacial score (nSPS) is 17.0. The van der Waals surface area contributed by atoms with Gasteiger partial charge in [0.25, 0.3) is 5.22 Å². The van der Waals surface area contributed by atoms with Crippen molar-refractivity contribution in [3.05, 3.63) is 54.4 Å². The van der Waals surface area contributed by atoms with Crippen molar-refractivity contribution >= 4 is 23.4 Å². The first-order valence-corrected chi connectivity index (χ1v) is 8.47. The highest BCUT2D eigenvalue weighted by atomic mass is 32.2. The highest BCUT2D eigenvalue weighted by molar-refractivity contribution is 8.00. The second kappa shape index (κ2) is 6.45. The van der Waals surface area contributed by atoms with E-state index in [1.54, 1.807) is 12.4 Å². The van der Waals surface area contributed by atoms with Crippen LogP contribution in [0.15, 0.2) is 58.4 Å². The summed E-state index contributed by atoms with van der Waals surface area (Å²) in [6.45, 7) is 0. The molecule has 6 nitrogen and oxygen atoms in total. The number of thioether (sulfide) groups is 1. The van der Waals surface area contributed by atoms with Crippen molar-refractivity contribution in [2.45, 2.75) is 23.3 Å². The number of pyridine rings is 1. The van der Waals surface area contributed by atoms with Crippen molar-refractivity contribution in [1.82, 2.24) is 15.2 Å². The lowest BCUT2D eigenvalue weighted by atomic mass is 10.1. The summed E-state index contributed by atoms with van der Waals surface area (Å²) in [5, 5.41) is 11.2. The number of hydrogen-bond acceptors (Lipinski definition) is 6. The Bertz CT molecular complexity index is 866. The summed E-state index contributed by atoms with van der Waals surface area (Å²) in [6.07, 6.45) is 4.90. The van der Waals surface area contributed by atoms with Crippen LogP contribution in [0.2, 0.25) is 0 Å². The second-order valence-corrected chi connectivity index (χ2v) is 6.56. The number of nitrogens with one attached hydrogen (secondary N) is 1. The van der Waals surface area contributed by atoms with Crippen molar-refractivity contribution < 1.29 is 9.21 Å². The zero-order chi connectivity index (χ0) is 16.4. The van der Waals surface area contributed by atoms with Gasteiger partial charge in [0.05, 0.1) is 10.8 Å². The van der Waals surface area contributed by atoms with Crippen LogP contribution >= 0.6 is 11.8 Å². The molecule has 0 unspecified atom stereocenters. The first-order valence-electron chi connectivity index (χ1n) is 7.59. The molecule has 4 rings (SSSR count). The molecule has 7 heteroatoms. The molecule has 1 atom stereocenters. The molecule has 2 aromatic heterocycles. The number of amides is 1. The molecule has 0 spiro atoms. The Kier molecular flexibility index (Phi) is 4.00. The van der Waals surface area contributed by atoms with E-state index in [-0.39, 0.29) is 11.2 Å². The lowest BCUT2D eigenvalue weighted by Gasteiger charge is -2.09. The SMILES string of the molecule is O=C1Nc2ccccc2CC[C@@H]1Sc1nnc(-c2cccnc2)o1. The fourth-order valence-electron chi connectivity index (χ4n) is 2.59. The first-order chi connectivity index (χ1) is 11.8. The lowest BCUT2D eigenvalue weighted by Crippen LogP contribution is -2.23. The van der Waals surface area contributed by atoms with Gasteiger partial charge in [-0.1, -0.05) is 30.0 Å². The molecule has 1 aromatic carbocycles. The Morgan fingerprint density at radius 1 is 1.17 bits per heavy atom. The van der Waals surface area contributed by atoms with E-state index >= 15 is 0 Å². The Hall–Kier alpha value is -2.67. The average molecular weight is 338 g/mol. The smallest absolute Gasteiger partial charge is 0.277 e. The number of aryl methyl sites for hydroxylation is 1. The first kappa shape index (κ1) is 14.9. The number of fused-ring (bicyclic) bond motifs is 1. The Morgan fingerprint density at radius 3 is 2.96 bits per heavy atom. The third kappa shape index (κ3) is 3.03. The predicted octanol–water partition coefficient (Wildman–Crippen LogP) is 3.18. The Labute approximate surface area is 142 Å². The number of aromatic nitrogens is 3. The van der Waals surface area contributed by atoms with Crippen LogP contribution in [0.25, 0.3) is 11.5 Å². The Balaban J connectivity index is 1.50. The van der Waals surface area contributed by atoms with Crippen LogP contribution in [-0.4, -0.2) is 26.3 Å². The molecule has 1 aliphatic rings. The van der Waals surface area contributed by atoms with Gasteiger partial charge in [0.1, 0.15) is 0 Å². The minimum Gasteiger partial charge on any atom is -0.411 e. The van der Waals surface area contributed by atoms with E-state index in [2.05, 4.69) is 20.5 Å². The van der Waals surface area contributed by atoms with Crippen molar-refractivity contribution in [3.8, 4) is 11.5 Å². The van der Waals surface area contributed by atoms with Crippen LogP contribution in [-0.2, 0) is 11.2 Å². The van der Waals surface area contributed by atoms with Gasteiger partial charge in [0.15, 0.2) is 0 Å². The molecule has 1 amide bonds. The van der Waals surface area contributed by atoms with E-state index < -0.39 is 0 Å². The van der Waals surface area contributed by atoms with Gasteiger partial charge in [0.2, 0.25) is 11.8 Å². The van der Waals surface area contributed by atoms with Crippen LogP contribution in [0.5, 0.6) is 0 Å². The van der Waals surface area contributed by atoms with Gasteiger partial charge < -0.3 is 9.73 Å².